The fraction of sp³-hybridized carbons (Fsp3) is 0.625. The number of likely N-dealkylation sites (N-methyl/N-ethyl adjacent to an activating group) is 1. The van der Waals surface area contributed by atoms with E-state index in [1.54, 1.807) is 7.11 Å². The van der Waals surface area contributed by atoms with Crippen LogP contribution in [0.4, 0.5) is 5.69 Å². The van der Waals surface area contributed by atoms with E-state index in [-0.39, 0.29) is 5.54 Å². The van der Waals surface area contributed by atoms with Crippen LogP contribution in [0.15, 0.2) is 12.1 Å². The Kier molecular flexibility index (Phi) is 5.24. The highest BCUT2D eigenvalue weighted by molar-refractivity contribution is 5.59. The summed E-state index contributed by atoms with van der Waals surface area (Å²) < 4.78 is 5.48. The van der Waals surface area contributed by atoms with Crippen LogP contribution in [0.3, 0.4) is 0 Å². The molecule has 0 bridgehead atoms. The van der Waals surface area contributed by atoms with E-state index in [2.05, 4.69) is 57.4 Å². The predicted molar refractivity (Wildman–Crippen MR) is 83.4 cm³/mol. The molecule has 0 aromatic heterocycles. The van der Waals surface area contributed by atoms with Crippen LogP contribution in [-0.2, 0) is 0 Å². The summed E-state index contributed by atoms with van der Waals surface area (Å²) in [7, 11) is 3.71. The Hall–Kier alpha value is -1.22. The lowest BCUT2D eigenvalue weighted by atomic mass is 9.97. The molecule has 3 heteroatoms. The number of hydrogen-bond acceptors (Lipinski definition) is 3. The standard InChI is InChI=1S/C16H28N2O/c1-11(2)13-9-14(12(3)8-15(13)19-7)18-16(4,5)10-17-6/h8-9,11,17-18H,10H2,1-7H3. The molecule has 0 saturated carbocycles. The monoisotopic (exact) mass is 264 g/mol. The number of benzene rings is 1. The van der Waals surface area contributed by atoms with Gasteiger partial charge in [0.05, 0.1) is 7.11 Å². The average Bonchev–Trinajstić information content (AvgIpc) is 2.30. The lowest BCUT2D eigenvalue weighted by Crippen LogP contribution is -2.40. The molecule has 1 rings (SSSR count). The molecule has 108 valence electrons. The van der Waals surface area contributed by atoms with Gasteiger partial charge in [0.15, 0.2) is 0 Å². The van der Waals surface area contributed by atoms with Gasteiger partial charge in [-0.05, 0) is 57.0 Å². The summed E-state index contributed by atoms with van der Waals surface area (Å²) in [5, 5.41) is 6.84. The molecular formula is C16H28N2O. The Labute approximate surface area is 117 Å². The van der Waals surface area contributed by atoms with E-state index in [0.717, 1.165) is 12.3 Å². The Morgan fingerprint density at radius 2 is 1.89 bits per heavy atom. The summed E-state index contributed by atoms with van der Waals surface area (Å²) in [6.45, 7) is 11.8. The van der Waals surface area contributed by atoms with Gasteiger partial charge in [-0.25, -0.2) is 0 Å². The van der Waals surface area contributed by atoms with Gasteiger partial charge >= 0.3 is 0 Å². The molecule has 0 aliphatic carbocycles. The molecule has 3 nitrogen and oxygen atoms in total. The van der Waals surface area contributed by atoms with E-state index in [4.69, 9.17) is 4.74 Å². The summed E-state index contributed by atoms with van der Waals surface area (Å²) in [5.41, 5.74) is 3.66. The maximum atomic E-state index is 5.48. The molecule has 1 aromatic carbocycles. The van der Waals surface area contributed by atoms with Gasteiger partial charge < -0.3 is 15.4 Å². The van der Waals surface area contributed by atoms with Crippen LogP contribution in [0.5, 0.6) is 5.75 Å². The summed E-state index contributed by atoms with van der Waals surface area (Å²) in [6, 6.07) is 4.34. The van der Waals surface area contributed by atoms with Crippen molar-refractivity contribution in [2.45, 2.75) is 46.1 Å². The molecule has 1 aromatic rings. The normalized spacial score (nSPS) is 11.8. The van der Waals surface area contributed by atoms with Gasteiger partial charge in [-0.3, -0.25) is 0 Å². The lowest BCUT2D eigenvalue weighted by Gasteiger charge is -2.29. The number of nitrogens with one attached hydrogen (secondary N) is 2. The third-order valence-corrected chi connectivity index (χ3v) is 3.29. The fourth-order valence-electron chi connectivity index (χ4n) is 2.31. The Morgan fingerprint density at radius 3 is 2.37 bits per heavy atom. The quantitative estimate of drug-likeness (QED) is 0.824. The van der Waals surface area contributed by atoms with Crippen LogP contribution >= 0.6 is 0 Å². The Bertz CT molecular complexity index is 425. The zero-order valence-electron chi connectivity index (χ0n) is 13.3. The molecule has 2 N–H and O–H groups in total. The fourth-order valence-corrected chi connectivity index (χ4v) is 2.31. The van der Waals surface area contributed by atoms with Gasteiger partial charge in [0.25, 0.3) is 0 Å². The number of ether oxygens (including phenoxy) is 1. The predicted octanol–water partition coefficient (Wildman–Crippen LogP) is 3.54. The second kappa shape index (κ2) is 6.29. The number of hydrogen-bond donors (Lipinski definition) is 2. The van der Waals surface area contributed by atoms with Crippen molar-refractivity contribution in [1.29, 1.82) is 0 Å². The highest BCUT2D eigenvalue weighted by atomic mass is 16.5. The topological polar surface area (TPSA) is 33.3 Å². The van der Waals surface area contributed by atoms with Crippen LogP contribution < -0.4 is 15.4 Å². The SMILES string of the molecule is CNCC(C)(C)Nc1cc(C(C)C)c(OC)cc1C. The summed E-state index contributed by atoms with van der Waals surface area (Å²) in [5.74, 6) is 1.42. The molecule has 0 saturated heterocycles. The zero-order chi connectivity index (χ0) is 14.6. The van der Waals surface area contributed by atoms with E-state index in [0.29, 0.717) is 5.92 Å². The van der Waals surface area contributed by atoms with Crippen LogP contribution in [0.1, 0.15) is 44.7 Å². The van der Waals surface area contributed by atoms with E-state index in [1.165, 1.54) is 16.8 Å². The summed E-state index contributed by atoms with van der Waals surface area (Å²) in [4.78, 5) is 0. The van der Waals surface area contributed by atoms with Crippen molar-refractivity contribution in [3.63, 3.8) is 0 Å². The van der Waals surface area contributed by atoms with Crippen LogP contribution in [0, 0.1) is 6.92 Å². The van der Waals surface area contributed by atoms with Crippen LogP contribution in [-0.4, -0.2) is 26.2 Å². The van der Waals surface area contributed by atoms with Crippen molar-refractivity contribution in [1.82, 2.24) is 5.32 Å². The van der Waals surface area contributed by atoms with Gasteiger partial charge in [0.2, 0.25) is 0 Å². The minimum Gasteiger partial charge on any atom is -0.496 e. The number of anilines is 1. The van der Waals surface area contributed by atoms with Crippen LogP contribution in [0.2, 0.25) is 0 Å². The molecule has 0 unspecified atom stereocenters. The molecule has 0 aliphatic rings. The van der Waals surface area contributed by atoms with Gasteiger partial charge in [-0.15, -0.1) is 0 Å². The van der Waals surface area contributed by atoms with Gasteiger partial charge in [-0.2, -0.15) is 0 Å². The Balaban J connectivity index is 3.11. The van der Waals surface area contributed by atoms with Gasteiger partial charge in [0, 0.05) is 17.8 Å². The van der Waals surface area contributed by atoms with Crippen molar-refractivity contribution in [2.24, 2.45) is 0 Å². The van der Waals surface area contributed by atoms with Crippen molar-refractivity contribution in [3.8, 4) is 5.75 Å². The van der Waals surface area contributed by atoms with E-state index in [1.807, 2.05) is 7.05 Å². The van der Waals surface area contributed by atoms with Crippen molar-refractivity contribution in [3.05, 3.63) is 23.3 Å². The summed E-state index contributed by atoms with van der Waals surface area (Å²) in [6.07, 6.45) is 0. The molecule has 0 atom stereocenters. The number of aryl methyl sites for hydroxylation is 1. The van der Waals surface area contributed by atoms with E-state index < -0.39 is 0 Å². The largest absolute Gasteiger partial charge is 0.496 e. The lowest BCUT2D eigenvalue weighted by molar-refractivity contribution is 0.407. The van der Waals surface area contributed by atoms with Gasteiger partial charge in [-0.1, -0.05) is 13.8 Å². The molecule has 0 fully saturated rings. The van der Waals surface area contributed by atoms with Gasteiger partial charge in [0.1, 0.15) is 5.75 Å². The first-order chi connectivity index (χ1) is 8.80. The smallest absolute Gasteiger partial charge is 0.122 e. The third kappa shape index (κ3) is 4.13. The maximum Gasteiger partial charge on any atom is 0.122 e. The molecular weight excluding hydrogens is 236 g/mol. The average molecular weight is 264 g/mol. The molecule has 0 radical (unpaired) electrons. The van der Waals surface area contributed by atoms with Crippen molar-refractivity contribution >= 4 is 5.69 Å². The van der Waals surface area contributed by atoms with E-state index in [9.17, 15) is 0 Å². The number of methoxy groups -OCH3 is 1. The first kappa shape index (κ1) is 15.8. The molecule has 0 aliphatic heterocycles. The van der Waals surface area contributed by atoms with Crippen molar-refractivity contribution < 1.29 is 4.74 Å². The van der Waals surface area contributed by atoms with Crippen LogP contribution in [0.25, 0.3) is 0 Å². The zero-order valence-corrected chi connectivity index (χ0v) is 13.3. The minimum atomic E-state index is 0.0162. The number of rotatable bonds is 6. The first-order valence-electron chi connectivity index (χ1n) is 6.92. The molecule has 0 spiro atoms. The summed E-state index contributed by atoms with van der Waals surface area (Å²) >= 11 is 0. The Morgan fingerprint density at radius 1 is 1.26 bits per heavy atom. The third-order valence-electron chi connectivity index (χ3n) is 3.29. The molecule has 19 heavy (non-hydrogen) atoms. The first-order valence-corrected chi connectivity index (χ1v) is 6.92. The molecule has 0 heterocycles. The second-order valence-electron chi connectivity index (χ2n) is 6.10. The van der Waals surface area contributed by atoms with Crippen molar-refractivity contribution in [2.75, 3.05) is 26.0 Å². The highest BCUT2D eigenvalue weighted by Gasteiger charge is 2.19. The highest BCUT2D eigenvalue weighted by Crippen LogP contribution is 2.33. The second-order valence-corrected chi connectivity index (χ2v) is 6.10. The van der Waals surface area contributed by atoms with E-state index >= 15 is 0 Å². The minimum absolute atomic E-state index is 0.0162. The maximum absolute atomic E-state index is 5.48. The molecule has 0 amide bonds.